The van der Waals surface area contributed by atoms with Crippen LogP contribution in [0.2, 0.25) is 5.02 Å². The number of halogens is 1. The van der Waals surface area contributed by atoms with Gasteiger partial charge in [0.25, 0.3) is 0 Å². The van der Waals surface area contributed by atoms with Crippen molar-refractivity contribution in [2.24, 2.45) is 5.92 Å². The minimum absolute atomic E-state index is 0.586. The molecule has 0 unspecified atom stereocenters. The van der Waals surface area contributed by atoms with Gasteiger partial charge in [0, 0.05) is 5.02 Å². The minimum Gasteiger partial charge on any atom is -0.489 e. The number of para-hydroxylation sites is 1. The third kappa shape index (κ3) is 5.25. The van der Waals surface area contributed by atoms with Crippen molar-refractivity contribution in [1.29, 1.82) is 0 Å². The van der Waals surface area contributed by atoms with E-state index in [0.29, 0.717) is 6.61 Å². The van der Waals surface area contributed by atoms with Crippen molar-refractivity contribution in [3.63, 3.8) is 0 Å². The molecule has 1 aliphatic rings. The molecule has 24 heavy (non-hydrogen) atoms. The zero-order valence-corrected chi connectivity index (χ0v) is 14.9. The van der Waals surface area contributed by atoms with Crippen molar-refractivity contribution in [2.75, 3.05) is 13.1 Å². The predicted octanol–water partition coefficient (Wildman–Crippen LogP) is 5.24. The summed E-state index contributed by atoms with van der Waals surface area (Å²) in [6, 6.07) is 16.3. The Bertz CT molecular complexity index is 620. The van der Waals surface area contributed by atoms with Gasteiger partial charge < -0.3 is 10.1 Å². The molecule has 3 rings (SSSR count). The van der Waals surface area contributed by atoms with Gasteiger partial charge >= 0.3 is 0 Å². The van der Waals surface area contributed by atoms with Gasteiger partial charge in [-0.3, -0.25) is 0 Å². The smallest absolute Gasteiger partial charge is 0.122 e. The fourth-order valence-corrected chi connectivity index (χ4v) is 3.47. The molecule has 128 valence electrons. The largest absolute Gasteiger partial charge is 0.489 e. The van der Waals surface area contributed by atoms with Gasteiger partial charge in [-0.25, -0.2) is 0 Å². The average Bonchev–Trinajstić information content (AvgIpc) is 2.63. The molecule has 1 fully saturated rings. The fourth-order valence-electron chi connectivity index (χ4n) is 3.34. The topological polar surface area (TPSA) is 21.3 Å². The van der Waals surface area contributed by atoms with E-state index in [1.165, 1.54) is 44.3 Å². The lowest BCUT2D eigenvalue weighted by Crippen LogP contribution is -2.27. The number of aryl methyl sites for hydroxylation is 1. The molecule has 0 aliphatic carbocycles. The van der Waals surface area contributed by atoms with Gasteiger partial charge in [-0.1, -0.05) is 48.4 Å². The highest BCUT2D eigenvalue weighted by atomic mass is 35.5. The maximum absolute atomic E-state index is 6.05. The van der Waals surface area contributed by atoms with E-state index in [9.17, 15) is 0 Å². The summed E-state index contributed by atoms with van der Waals surface area (Å²) in [7, 11) is 0. The highest BCUT2D eigenvalue weighted by Crippen LogP contribution is 2.24. The number of ether oxygens (including phenoxy) is 1. The number of nitrogens with one attached hydrogen (secondary N) is 1. The van der Waals surface area contributed by atoms with Gasteiger partial charge in [-0.15, -0.1) is 0 Å². The first kappa shape index (κ1) is 17.3. The van der Waals surface area contributed by atoms with Crippen LogP contribution in [0.15, 0.2) is 48.5 Å². The summed E-state index contributed by atoms with van der Waals surface area (Å²) >= 11 is 5.93. The Hall–Kier alpha value is -1.51. The number of hydrogen-bond donors (Lipinski definition) is 1. The molecule has 0 saturated carbocycles. The number of piperidine rings is 1. The van der Waals surface area contributed by atoms with Crippen molar-refractivity contribution >= 4 is 11.6 Å². The van der Waals surface area contributed by atoms with Crippen LogP contribution in [0.4, 0.5) is 0 Å². The predicted molar refractivity (Wildman–Crippen MR) is 101 cm³/mol. The van der Waals surface area contributed by atoms with Crippen molar-refractivity contribution in [3.05, 3.63) is 64.7 Å². The summed E-state index contributed by atoms with van der Waals surface area (Å²) in [6.07, 6.45) is 6.32. The van der Waals surface area contributed by atoms with Crippen LogP contribution in [0.5, 0.6) is 5.75 Å². The van der Waals surface area contributed by atoms with Crippen LogP contribution in [0.3, 0.4) is 0 Å². The van der Waals surface area contributed by atoms with Crippen LogP contribution >= 0.6 is 11.6 Å². The Morgan fingerprint density at radius 3 is 2.54 bits per heavy atom. The maximum atomic E-state index is 6.05. The molecule has 0 atom stereocenters. The molecule has 3 heteroatoms. The SMILES string of the molecule is Clc1ccc(COc2ccccc2CCCC2CCNCC2)cc1. The summed E-state index contributed by atoms with van der Waals surface area (Å²) < 4.78 is 6.05. The van der Waals surface area contributed by atoms with E-state index in [0.717, 1.165) is 28.7 Å². The van der Waals surface area contributed by atoms with Gasteiger partial charge in [-0.05, 0) is 74.0 Å². The van der Waals surface area contributed by atoms with Crippen LogP contribution < -0.4 is 10.1 Å². The molecule has 0 radical (unpaired) electrons. The number of benzene rings is 2. The van der Waals surface area contributed by atoms with E-state index in [-0.39, 0.29) is 0 Å². The van der Waals surface area contributed by atoms with E-state index in [4.69, 9.17) is 16.3 Å². The van der Waals surface area contributed by atoms with Crippen LogP contribution in [0.1, 0.15) is 36.8 Å². The molecule has 1 heterocycles. The molecule has 2 nitrogen and oxygen atoms in total. The number of rotatable bonds is 7. The molecule has 1 aliphatic heterocycles. The molecule has 0 aromatic heterocycles. The first-order valence-corrected chi connectivity index (χ1v) is 9.35. The minimum atomic E-state index is 0.586. The van der Waals surface area contributed by atoms with Gasteiger partial charge in [-0.2, -0.15) is 0 Å². The van der Waals surface area contributed by atoms with Gasteiger partial charge in [0.1, 0.15) is 12.4 Å². The second kappa shape index (κ2) is 9.10. The third-order valence-corrected chi connectivity index (χ3v) is 5.05. The summed E-state index contributed by atoms with van der Waals surface area (Å²) in [4.78, 5) is 0. The highest BCUT2D eigenvalue weighted by Gasteiger charge is 2.13. The molecule has 2 aromatic rings. The van der Waals surface area contributed by atoms with Crippen molar-refractivity contribution < 1.29 is 4.74 Å². The van der Waals surface area contributed by atoms with Gasteiger partial charge in [0.15, 0.2) is 0 Å². The monoisotopic (exact) mass is 343 g/mol. The van der Waals surface area contributed by atoms with Crippen LogP contribution in [-0.2, 0) is 13.0 Å². The summed E-state index contributed by atoms with van der Waals surface area (Å²) in [5, 5.41) is 4.20. The molecule has 1 saturated heterocycles. The first-order chi connectivity index (χ1) is 11.8. The van der Waals surface area contributed by atoms with E-state index in [1.54, 1.807) is 0 Å². The third-order valence-electron chi connectivity index (χ3n) is 4.80. The van der Waals surface area contributed by atoms with Crippen molar-refractivity contribution in [2.45, 2.75) is 38.7 Å². The maximum Gasteiger partial charge on any atom is 0.122 e. The van der Waals surface area contributed by atoms with E-state index in [1.807, 2.05) is 30.3 Å². The molecule has 0 amide bonds. The van der Waals surface area contributed by atoms with Crippen molar-refractivity contribution in [3.8, 4) is 5.75 Å². The van der Waals surface area contributed by atoms with Gasteiger partial charge in [0.05, 0.1) is 0 Å². The fraction of sp³-hybridized carbons (Fsp3) is 0.429. The molecular weight excluding hydrogens is 318 g/mol. The summed E-state index contributed by atoms with van der Waals surface area (Å²) in [5.41, 5.74) is 2.46. The number of hydrogen-bond acceptors (Lipinski definition) is 2. The Morgan fingerprint density at radius 2 is 1.75 bits per heavy atom. The molecule has 0 spiro atoms. The summed E-state index contributed by atoms with van der Waals surface area (Å²) in [5.74, 6) is 1.91. The highest BCUT2D eigenvalue weighted by molar-refractivity contribution is 6.30. The zero-order chi connectivity index (χ0) is 16.6. The lowest BCUT2D eigenvalue weighted by Gasteiger charge is -2.22. The molecule has 1 N–H and O–H groups in total. The van der Waals surface area contributed by atoms with Crippen LogP contribution in [0.25, 0.3) is 0 Å². The molecular formula is C21H26ClNO. The Balaban J connectivity index is 1.51. The van der Waals surface area contributed by atoms with Crippen molar-refractivity contribution in [1.82, 2.24) is 5.32 Å². The normalized spacial score (nSPS) is 15.4. The lowest BCUT2D eigenvalue weighted by atomic mass is 9.91. The van der Waals surface area contributed by atoms with E-state index in [2.05, 4.69) is 23.5 Å². The standard InChI is InChI=1S/C21H26ClNO/c22-20-10-8-18(9-11-20)16-24-21-7-2-1-5-19(21)6-3-4-17-12-14-23-15-13-17/h1-2,5,7-11,17,23H,3-4,6,12-16H2. The van der Waals surface area contributed by atoms with Crippen LogP contribution in [-0.4, -0.2) is 13.1 Å². The average molecular weight is 344 g/mol. The lowest BCUT2D eigenvalue weighted by molar-refractivity contribution is 0.301. The van der Waals surface area contributed by atoms with E-state index >= 15 is 0 Å². The van der Waals surface area contributed by atoms with E-state index < -0.39 is 0 Å². The second-order valence-corrected chi connectivity index (χ2v) is 7.04. The van der Waals surface area contributed by atoms with Crippen LogP contribution in [0, 0.1) is 5.92 Å². The van der Waals surface area contributed by atoms with Gasteiger partial charge in [0.2, 0.25) is 0 Å². The molecule has 2 aromatic carbocycles. The Kier molecular flexibility index (Phi) is 6.57. The quantitative estimate of drug-likeness (QED) is 0.742. The second-order valence-electron chi connectivity index (χ2n) is 6.61. The molecule has 0 bridgehead atoms. The first-order valence-electron chi connectivity index (χ1n) is 8.97. The summed E-state index contributed by atoms with van der Waals surface area (Å²) in [6.45, 7) is 2.96. The Labute approximate surface area is 150 Å². The Morgan fingerprint density at radius 1 is 1.00 bits per heavy atom. The zero-order valence-electron chi connectivity index (χ0n) is 14.1.